The van der Waals surface area contributed by atoms with Crippen LogP contribution in [0.15, 0.2) is 18.2 Å². The summed E-state index contributed by atoms with van der Waals surface area (Å²) < 4.78 is 0. The van der Waals surface area contributed by atoms with Crippen molar-refractivity contribution < 1.29 is 9.59 Å². The van der Waals surface area contributed by atoms with Gasteiger partial charge in [0, 0.05) is 12.2 Å². The van der Waals surface area contributed by atoms with E-state index in [1.807, 2.05) is 19.9 Å². The largest absolute Gasteiger partial charge is 0.398 e. The molecule has 0 radical (unpaired) electrons. The molecule has 1 atom stereocenters. The van der Waals surface area contributed by atoms with Crippen LogP contribution in [0.4, 0.5) is 5.69 Å². The Bertz CT molecular complexity index is 458. The van der Waals surface area contributed by atoms with E-state index >= 15 is 0 Å². The van der Waals surface area contributed by atoms with E-state index in [-0.39, 0.29) is 11.8 Å². The number of benzene rings is 1. The molecule has 1 aromatic carbocycles. The topological polar surface area (TPSA) is 84.2 Å². The van der Waals surface area contributed by atoms with Crippen LogP contribution in [0.1, 0.15) is 29.8 Å². The molecule has 1 aromatic rings. The van der Waals surface area contributed by atoms with Crippen molar-refractivity contribution in [1.82, 2.24) is 10.6 Å². The Morgan fingerprint density at radius 3 is 2.61 bits per heavy atom. The van der Waals surface area contributed by atoms with Crippen molar-refractivity contribution in [2.75, 3.05) is 12.3 Å². The fourth-order valence-corrected chi connectivity index (χ4v) is 1.56. The first-order valence-corrected chi connectivity index (χ1v) is 5.90. The fraction of sp³-hybridized carbons (Fsp3) is 0.385. The van der Waals surface area contributed by atoms with Gasteiger partial charge in [-0.25, -0.2) is 0 Å². The Hall–Kier alpha value is -2.04. The quantitative estimate of drug-likeness (QED) is 0.691. The van der Waals surface area contributed by atoms with Gasteiger partial charge in [-0.2, -0.15) is 0 Å². The number of likely N-dealkylation sites (N-methyl/N-ethyl adjacent to an activating group) is 1. The smallest absolute Gasteiger partial charge is 0.254 e. The van der Waals surface area contributed by atoms with E-state index < -0.39 is 6.04 Å². The third-order valence-electron chi connectivity index (χ3n) is 2.54. The monoisotopic (exact) mass is 249 g/mol. The summed E-state index contributed by atoms with van der Waals surface area (Å²) in [7, 11) is 0. The Morgan fingerprint density at radius 2 is 2.06 bits per heavy atom. The van der Waals surface area contributed by atoms with Crippen LogP contribution in [0.5, 0.6) is 0 Å². The SMILES string of the molecule is CCNC(=O)C(C)NC(=O)c1ccc(C)cc1N. The van der Waals surface area contributed by atoms with Crippen LogP contribution in [-0.4, -0.2) is 24.4 Å². The van der Waals surface area contributed by atoms with Crippen molar-refractivity contribution in [1.29, 1.82) is 0 Å². The minimum Gasteiger partial charge on any atom is -0.398 e. The maximum Gasteiger partial charge on any atom is 0.254 e. The molecular weight excluding hydrogens is 230 g/mol. The number of carbonyl (C=O) groups excluding carboxylic acids is 2. The van der Waals surface area contributed by atoms with Crippen molar-refractivity contribution in [3.63, 3.8) is 0 Å². The number of amides is 2. The summed E-state index contributed by atoms with van der Waals surface area (Å²) in [4.78, 5) is 23.4. The molecule has 0 saturated carbocycles. The minimum atomic E-state index is -0.585. The predicted molar refractivity (Wildman–Crippen MR) is 71.2 cm³/mol. The van der Waals surface area contributed by atoms with Gasteiger partial charge in [-0.05, 0) is 38.5 Å². The number of hydrogen-bond acceptors (Lipinski definition) is 3. The Kier molecular flexibility index (Phi) is 4.71. The van der Waals surface area contributed by atoms with Gasteiger partial charge in [-0.1, -0.05) is 6.07 Å². The number of nitrogen functional groups attached to an aromatic ring is 1. The van der Waals surface area contributed by atoms with Crippen LogP contribution in [-0.2, 0) is 4.79 Å². The molecule has 18 heavy (non-hydrogen) atoms. The van der Waals surface area contributed by atoms with Crippen molar-refractivity contribution >= 4 is 17.5 Å². The number of nitrogens with one attached hydrogen (secondary N) is 2. The van der Waals surface area contributed by atoms with E-state index in [2.05, 4.69) is 10.6 Å². The number of aryl methyl sites for hydroxylation is 1. The van der Waals surface area contributed by atoms with E-state index in [9.17, 15) is 9.59 Å². The second-order valence-corrected chi connectivity index (χ2v) is 4.18. The standard InChI is InChI=1S/C13H19N3O2/c1-4-15-12(17)9(3)16-13(18)10-6-5-8(2)7-11(10)14/h5-7,9H,4,14H2,1-3H3,(H,15,17)(H,16,18). The van der Waals surface area contributed by atoms with Crippen LogP contribution in [0, 0.1) is 6.92 Å². The summed E-state index contributed by atoms with van der Waals surface area (Å²) in [5, 5.41) is 5.25. The second kappa shape index (κ2) is 6.05. The van der Waals surface area contributed by atoms with E-state index in [1.165, 1.54) is 0 Å². The van der Waals surface area contributed by atoms with Crippen LogP contribution in [0.25, 0.3) is 0 Å². The van der Waals surface area contributed by atoms with Gasteiger partial charge in [0.15, 0.2) is 0 Å². The molecule has 0 saturated heterocycles. The molecule has 0 heterocycles. The van der Waals surface area contributed by atoms with Gasteiger partial charge < -0.3 is 16.4 Å². The van der Waals surface area contributed by atoms with Crippen LogP contribution >= 0.6 is 0 Å². The van der Waals surface area contributed by atoms with E-state index in [1.54, 1.807) is 19.1 Å². The third kappa shape index (κ3) is 3.48. The van der Waals surface area contributed by atoms with Gasteiger partial charge in [0.1, 0.15) is 6.04 Å². The Balaban J connectivity index is 2.73. The normalized spacial score (nSPS) is 11.7. The maximum absolute atomic E-state index is 11.9. The lowest BCUT2D eigenvalue weighted by molar-refractivity contribution is -0.122. The van der Waals surface area contributed by atoms with Gasteiger partial charge in [-0.3, -0.25) is 9.59 Å². The summed E-state index contributed by atoms with van der Waals surface area (Å²) in [5.41, 5.74) is 7.56. The van der Waals surface area contributed by atoms with Gasteiger partial charge in [0.2, 0.25) is 5.91 Å². The molecule has 98 valence electrons. The maximum atomic E-state index is 11.9. The Morgan fingerprint density at radius 1 is 1.39 bits per heavy atom. The molecule has 1 unspecified atom stereocenters. The first-order valence-electron chi connectivity index (χ1n) is 5.90. The minimum absolute atomic E-state index is 0.212. The molecular formula is C13H19N3O2. The average molecular weight is 249 g/mol. The summed E-state index contributed by atoms with van der Waals surface area (Å²) in [6, 6.07) is 4.61. The van der Waals surface area contributed by atoms with Crippen LogP contribution in [0.3, 0.4) is 0 Å². The highest BCUT2D eigenvalue weighted by Gasteiger charge is 2.17. The van der Waals surface area contributed by atoms with Gasteiger partial charge in [-0.15, -0.1) is 0 Å². The zero-order chi connectivity index (χ0) is 13.7. The second-order valence-electron chi connectivity index (χ2n) is 4.18. The summed E-state index contributed by atoms with van der Waals surface area (Å²) in [6.07, 6.45) is 0. The van der Waals surface area contributed by atoms with Crippen molar-refractivity contribution in [2.24, 2.45) is 0 Å². The fourth-order valence-electron chi connectivity index (χ4n) is 1.56. The molecule has 0 aliphatic rings. The molecule has 2 amide bonds. The third-order valence-corrected chi connectivity index (χ3v) is 2.54. The number of anilines is 1. The summed E-state index contributed by atoms with van der Waals surface area (Å²) in [6.45, 7) is 5.89. The Labute approximate surface area is 107 Å². The highest BCUT2D eigenvalue weighted by Crippen LogP contribution is 2.13. The van der Waals surface area contributed by atoms with Gasteiger partial charge in [0.25, 0.3) is 5.91 Å². The van der Waals surface area contributed by atoms with Crippen molar-refractivity contribution in [3.05, 3.63) is 29.3 Å². The van der Waals surface area contributed by atoms with Crippen molar-refractivity contribution in [2.45, 2.75) is 26.8 Å². The summed E-state index contributed by atoms with van der Waals surface area (Å²) in [5.74, 6) is -0.553. The molecule has 0 aliphatic heterocycles. The van der Waals surface area contributed by atoms with Gasteiger partial charge in [0.05, 0.1) is 5.56 Å². The molecule has 0 spiro atoms. The van der Waals surface area contributed by atoms with E-state index in [4.69, 9.17) is 5.73 Å². The lowest BCUT2D eigenvalue weighted by atomic mass is 10.1. The molecule has 0 fully saturated rings. The lowest BCUT2D eigenvalue weighted by Gasteiger charge is -2.14. The number of carbonyl (C=O) groups is 2. The highest BCUT2D eigenvalue weighted by molar-refractivity contribution is 6.01. The first kappa shape index (κ1) is 14.0. The first-order chi connectivity index (χ1) is 8.45. The predicted octanol–water partition coefficient (Wildman–Crippen LogP) is 0.832. The van der Waals surface area contributed by atoms with Crippen molar-refractivity contribution in [3.8, 4) is 0 Å². The zero-order valence-corrected chi connectivity index (χ0v) is 10.9. The molecule has 5 heteroatoms. The van der Waals surface area contributed by atoms with Crippen LogP contribution < -0.4 is 16.4 Å². The number of rotatable bonds is 4. The van der Waals surface area contributed by atoms with E-state index in [0.717, 1.165) is 5.56 Å². The molecule has 1 rings (SSSR count). The molecule has 0 aliphatic carbocycles. The van der Waals surface area contributed by atoms with Crippen LogP contribution in [0.2, 0.25) is 0 Å². The van der Waals surface area contributed by atoms with Gasteiger partial charge >= 0.3 is 0 Å². The number of nitrogens with two attached hydrogens (primary N) is 1. The highest BCUT2D eigenvalue weighted by atomic mass is 16.2. The molecule has 0 aromatic heterocycles. The lowest BCUT2D eigenvalue weighted by Crippen LogP contribution is -2.44. The average Bonchev–Trinajstić information content (AvgIpc) is 2.28. The molecule has 4 N–H and O–H groups in total. The number of hydrogen-bond donors (Lipinski definition) is 3. The summed E-state index contributed by atoms with van der Waals surface area (Å²) >= 11 is 0. The van der Waals surface area contributed by atoms with E-state index in [0.29, 0.717) is 17.8 Å². The molecule has 0 bridgehead atoms. The molecule has 5 nitrogen and oxygen atoms in total. The zero-order valence-electron chi connectivity index (χ0n) is 10.9.